The number of fused-ring (bicyclic) bond motifs is 1. The molecule has 0 aliphatic heterocycles. The molecule has 0 aliphatic rings. The van der Waals surface area contributed by atoms with Gasteiger partial charge in [0, 0.05) is 49.1 Å². The number of carbonyl (C=O) groups excluding carboxylic acids is 3. The molecule has 0 radical (unpaired) electrons. The lowest BCUT2D eigenvalue weighted by atomic mass is 10.0. The van der Waals surface area contributed by atoms with Crippen molar-refractivity contribution in [2.45, 2.75) is 75.0 Å². The Labute approximate surface area is 295 Å². The van der Waals surface area contributed by atoms with Crippen LogP contribution in [0.25, 0.3) is 10.9 Å². The van der Waals surface area contributed by atoms with Gasteiger partial charge in [-0.1, -0.05) is 36.4 Å². The molecule has 3 amide bonds. The molecule has 0 unspecified atom stereocenters. The summed E-state index contributed by atoms with van der Waals surface area (Å²) in [6.45, 7) is 3.32. The number of aromatic amines is 1. The van der Waals surface area contributed by atoms with E-state index in [4.69, 9.17) is 16.2 Å². The fraction of sp³-hybridized carbons (Fsp3) is 0.472. The highest BCUT2D eigenvalue weighted by atomic mass is 32.1. The van der Waals surface area contributed by atoms with E-state index in [0.717, 1.165) is 26.9 Å². The third-order valence-corrected chi connectivity index (χ3v) is 9.07. The summed E-state index contributed by atoms with van der Waals surface area (Å²) in [5.74, 6) is -0.402. The highest BCUT2D eigenvalue weighted by Crippen LogP contribution is 2.21. The minimum Gasteiger partial charge on any atom is -0.483 e. The van der Waals surface area contributed by atoms with Gasteiger partial charge in [-0.25, -0.2) is 0 Å². The molecule has 1 heterocycles. The summed E-state index contributed by atoms with van der Waals surface area (Å²) < 4.78 is 5.38. The number of nitrogens with two attached hydrogens (primary N) is 2. The van der Waals surface area contributed by atoms with Crippen molar-refractivity contribution < 1.29 is 19.1 Å². The molecule has 3 rings (SSSR count). The summed E-state index contributed by atoms with van der Waals surface area (Å²) in [4.78, 5) is 49.3. The second-order valence-electron chi connectivity index (χ2n) is 12.1. The van der Waals surface area contributed by atoms with Gasteiger partial charge < -0.3 is 46.9 Å². The minimum absolute atomic E-state index is 0.166. The molecule has 0 saturated heterocycles. The van der Waals surface area contributed by atoms with E-state index in [1.807, 2.05) is 61.7 Å². The molecule has 1 aromatic heterocycles. The first-order chi connectivity index (χ1) is 23.6. The maximum absolute atomic E-state index is 14.3. The van der Waals surface area contributed by atoms with Crippen LogP contribution in [-0.4, -0.2) is 91.6 Å². The Morgan fingerprint density at radius 1 is 0.939 bits per heavy atom. The van der Waals surface area contributed by atoms with Gasteiger partial charge in [-0.15, -0.1) is 12.6 Å². The fourth-order valence-corrected chi connectivity index (χ4v) is 6.00. The molecule has 12 nitrogen and oxygen atoms in total. The number of hydrogen-bond acceptors (Lipinski definition) is 9. The van der Waals surface area contributed by atoms with Crippen LogP contribution >= 0.6 is 12.6 Å². The molecule has 0 fully saturated rings. The molecule has 0 spiro atoms. The Kier molecular flexibility index (Phi) is 16.5. The van der Waals surface area contributed by atoms with E-state index in [1.165, 1.54) is 4.90 Å². The first-order valence-electron chi connectivity index (χ1n) is 16.9. The van der Waals surface area contributed by atoms with Crippen LogP contribution in [0.3, 0.4) is 0 Å². The summed E-state index contributed by atoms with van der Waals surface area (Å²) in [5, 5.41) is 10.3. The van der Waals surface area contributed by atoms with Gasteiger partial charge in [0.05, 0.1) is 19.8 Å². The number of unbranched alkanes of at least 4 members (excludes halogenated alkanes) is 1. The number of allylic oxidation sites excluding steroid dienone is 1. The average Bonchev–Trinajstić information content (AvgIpc) is 3.52. The quantitative estimate of drug-likeness (QED) is 0.0386. The van der Waals surface area contributed by atoms with Crippen LogP contribution in [0.15, 0.2) is 71.6 Å². The second-order valence-corrected chi connectivity index (χ2v) is 12.6. The van der Waals surface area contributed by atoms with Crippen LogP contribution in [0.1, 0.15) is 50.2 Å². The van der Waals surface area contributed by atoms with Gasteiger partial charge in [0.15, 0.2) is 5.88 Å². The molecule has 0 saturated carbocycles. The highest BCUT2D eigenvalue weighted by Gasteiger charge is 2.34. The first kappa shape index (κ1) is 39.4. The maximum atomic E-state index is 14.3. The summed E-state index contributed by atoms with van der Waals surface area (Å²) in [6.07, 6.45) is 6.73. The van der Waals surface area contributed by atoms with E-state index < -0.39 is 18.1 Å². The zero-order valence-corrected chi connectivity index (χ0v) is 30.1. The first-order valence-corrected chi connectivity index (χ1v) is 17.3. The predicted octanol–water partition coefficient (Wildman–Crippen LogP) is 2.85. The lowest BCUT2D eigenvalue weighted by Gasteiger charge is -2.32. The van der Waals surface area contributed by atoms with E-state index in [2.05, 4.69) is 33.6 Å². The van der Waals surface area contributed by atoms with Gasteiger partial charge in [0.2, 0.25) is 17.7 Å². The Morgan fingerprint density at radius 2 is 1.63 bits per heavy atom. The Morgan fingerprint density at radius 3 is 2.33 bits per heavy atom. The third-order valence-electron chi connectivity index (χ3n) is 8.63. The van der Waals surface area contributed by atoms with E-state index in [0.29, 0.717) is 57.6 Å². The Balaban J connectivity index is 1.86. The molecule has 3 aromatic rings. The van der Waals surface area contributed by atoms with Crippen LogP contribution in [-0.2, 0) is 32.1 Å². The van der Waals surface area contributed by atoms with Crippen molar-refractivity contribution in [2.75, 3.05) is 41.0 Å². The second kappa shape index (κ2) is 20.5. The lowest BCUT2D eigenvalue weighted by molar-refractivity contribution is -0.142. The van der Waals surface area contributed by atoms with Crippen LogP contribution < -0.4 is 27.4 Å². The molecule has 0 aliphatic carbocycles. The van der Waals surface area contributed by atoms with Gasteiger partial charge in [0.1, 0.15) is 12.1 Å². The number of nitrogens with zero attached hydrogens (tertiary/aromatic N) is 2. The number of para-hydroxylation sites is 1. The molecule has 2 aromatic carbocycles. The maximum Gasteiger partial charge on any atom is 0.245 e. The lowest BCUT2D eigenvalue weighted by Crippen LogP contribution is -2.57. The third kappa shape index (κ3) is 11.5. The summed E-state index contributed by atoms with van der Waals surface area (Å²) >= 11 is 4.54. The van der Waals surface area contributed by atoms with Gasteiger partial charge >= 0.3 is 0 Å². The van der Waals surface area contributed by atoms with Gasteiger partial charge in [0.25, 0.3) is 0 Å². The van der Waals surface area contributed by atoms with Gasteiger partial charge in [-0.2, -0.15) is 0 Å². The monoisotopic (exact) mass is 694 g/mol. The van der Waals surface area contributed by atoms with Crippen molar-refractivity contribution in [1.82, 2.24) is 30.7 Å². The largest absolute Gasteiger partial charge is 0.483 e. The molecule has 49 heavy (non-hydrogen) atoms. The standard InChI is InChI=1S/C36H54N8O4S/c1-5-33(48-4)43(2)24-41-35(46)31(21-26-23-39-28-15-8-7-14-27(26)28)44(3)36(47)30(16-10-11-19-37)42-34(45)29(17-12-20-38)40-22-25-13-6-9-18-32(25)49/h5-9,13-15,18,23,29-31,39-40,49H,10-12,16-17,19-22,24,37-38H2,1-4H3,(H,41,46)(H,42,45)/b33-5+/t29-,30-,31-/m0/s1. The van der Waals surface area contributed by atoms with Crippen LogP contribution in [0, 0.1) is 0 Å². The van der Waals surface area contributed by atoms with E-state index >= 15 is 0 Å². The molecule has 268 valence electrons. The SMILES string of the molecule is C/C=C(/OC)N(C)CNC(=O)[C@H](Cc1c[nH]c2ccccc12)N(C)C(=O)[C@H](CCCCN)NC(=O)[C@H](CCCN)NCc1ccccc1S. The van der Waals surface area contributed by atoms with Crippen molar-refractivity contribution in [1.29, 1.82) is 0 Å². The number of carbonyl (C=O) groups is 3. The number of H-pyrrole nitrogens is 1. The van der Waals surface area contributed by atoms with Gasteiger partial charge in [-0.3, -0.25) is 14.4 Å². The van der Waals surface area contributed by atoms with Crippen LogP contribution in [0.2, 0.25) is 0 Å². The highest BCUT2D eigenvalue weighted by molar-refractivity contribution is 7.80. The van der Waals surface area contributed by atoms with Crippen molar-refractivity contribution in [3.8, 4) is 0 Å². The number of methoxy groups -OCH3 is 1. The molecular weight excluding hydrogens is 641 g/mol. The van der Waals surface area contributed by atoms with Crippen LogP contribution in [0.4, 0.5) is 0 Å². The van der Waals surface area contributed by atoms with Crippen molar-refractivity contribution >= 4 is 41.3 Å². The number of likely N-dealkylation sites (N-methyl/N-ethyl adjacent to an activating group) is 1. The summed E-state index contributed by atoms with van der Waals surface area (Å²) in [6, 6.07) is 13.2. The number of nitrogens with one attached hydrogen (secondary N) is 4. The number of amides is 3. The topological polar surface area (TPSA) is 171 Å². The van der Waals surface area contributed by atoms with Crippen molar-refractivity contribution in [2.24, 2.45) is 11.5 Å². The average molecular weight is 695 g/mol. The zero-order valence-electron chi connectivity index (χ0n) is 29.2. The van der Waals surface area contributed by atoms with Gasteiger partial charge in [-0.05, 0) is 81.5 Å². The molecule has 3 atom stereocenters. The molecular formula is C36H54N8O4S. The zero-order chi connectivity index (χ0) is 35.8. The Bertz CT molecular complexity index is 1530. The predicted molar refractivity (Wildman–Crippen MR) is 198 cm³/mol. The van der Waals surface area contributed by atoms with E-state index in [9.17, 15) is 14.4 Å². The summed E-state index contributed by atoms with van der Waals surface area (Å²) in [7, 11) is 4.98. The number of hydrogen-bond donors (Lipinski definition) is 7. The smallest absolute Gasteiger partial charge is 0.245 e. The number of rotatable bonds is 21. The summed E-state index contributed by atoms with van der Waals surface area (Å²) in [5.41, 5.74) is 14.4. The molecule has 8 N–H and O–H groups in total. The van der Waals surface area contributed by atoms with Crippen molar-refractivity contribution in [3.05, 3.63) is 77.8 Å². The number of thiol groups is 1. The van der Waals surface area contributed by atoms with Crippen LogP contribution in [0.5, 0.6) is 0 Å². The molecule has 13 heteroatoms. The van der Waals surface area contributed by atoms with Crippen molar-refractivity contribution in [3.63, 3.8) is 0 Å². The number of aromatic nitrogens is 1. The molecule has 0 bridgehead atoms. The van der Waals surface area contributed by atoms with E-state index in [-0.39, 0.29) is 30.8 Å². The fourth-order valence-electron chi connectivity index (χ4n) is 5.76. The minimum atomic E-state index is -0.872. The normalized spacial score (nSPS) is 13.4. The van der Waals surface area contributed by atoms with E-state index in [1.54, 1.807) is 32.2 Å². The Hall–Kier alpha value is -4.04. The number of benzene rings is 2. The number of ether oxygens (including phenoxy) is 1.